The molecule has 1 rings (SSSR count). The van der Waals surface area contributed by atoms with Crippen LogP contribution in [0.25, 0.3) is 0 Å². The standard InChI is InChI=1S/C12H16O4/c1-9(13)8-16-11-5-3-10(4-6-11)7-12(14)15-2/h3-6,9,13H,7-8H2,1-2H3. The Bertz CT molecular complexity index is 329. The fraction of sp³-hybridized carbons (Fsp3) is 0.417. The Balaban J connectivity index is 2.51. The van der Waals surface area contributed by atoms with Gasteiger partial charge in [0.05, 0.1) is 19.6 Å². The highest BCUT2D eigenvalue weighted by Crippen LogP contribution is 2.13. The van der Waals surface area contributed by atoms with E-state index in [1.165, 1.54) is 7.11 Å². The van der Waals surface area contributed by atoms with Crippen molar-refractivity contribution in [3.63, 3.8) is 0 Å². The molecule has 0 aromatic heterocycles. The first-order valence-corrected chi connectivity index (χ1v) is 5.08. The molecule has 0 amide bonds. The quantitative estimate of drug-likeness (QED) is 0.762. The van der Waals surface area contributed by atoms with Crippen molar-refractivity contribution in [1.29, 1.82) is 0 Å². The maximum atomic E-state index is 11.0. The average Bonchev–Trinajstić information content (AvgIpc) is 2.28. The van der Waals surface area contributed by atoms with E-state index >= 15 is 0 Å². The van der Waals surface area contributed by atoms with Crippen molar-refractivity contribution < 1.29 is 19.4 Å². The monoisotopic (exact) mass is 224 g/mol. The molecular formula is C12H16O4. The molecule has 1 unspecified atom stereocenters. The zero-order chi connectivity index (χ0) is 12.0. The molecule has 0 fully saturated rings. The fourth-order valence-electron chi connectivity index (χ4n) is 1.16. The van der Waals surface area contributed by atoms with Gasteiger partial charge in [-0.2, -0.15) is 0 Å². The van der Waals surface area contributed by atoms with Gasteiger partial charge in [-0.15, -0.1) is 0 Å². The van der Waals surface area contributed by atoms with Gasteiger partial charge in [0.25, 0.3) is 0 Å². The molecule has 0 aliphatic carbocycles. The molecule has 0 saturated carbocycles. The summed E-state index contributed by atoms with van der Waals surface area (Å²) < 4.78 is 9.85. The Morgan fingerprint density at radius 1 is 1.38 bits per heavy atom. The molecule has 0 aliphatic heterocycles. The predicted octanol–water partition coefficient (Wildman–Crippen LogP) is 1.16. The van der Waals surface area contributed by atoms with Gasteiger partial charge in [0.15, 0.2) is 0 Å². The van der Waals surface area contributed by atoms with Crippen LogP contribution in [-0.2, 0) is 16.0 Å². The summed E-state index contributed by atoms with van der Waals surface area (Å²) in [6.07, 6.45) is -0.234. The van der Waals surface area contributed by atoms with Crippen LogP contribution in [0.3, 0.4) is 0 Å². The van der Waals surface area contributed by atoms with Crippen molar-refractivity contribution in [2.24, 2.45) is 0 Å². The van der Waals surface area contributed by atoms with Crippen LogP contribution in [0.1, 0.15) is 12.5 Å². The maximum absolute atomic E-state index is 11.0. The van der Waals surface area contributed by atoms with E-state index in [-0.39, 0.29) is 19.0 Å². The minimum Gasteiger partial charge on any atom is -0.491 e. The van der Waals surface area contributed by atoms with E-state index in [1.807, 2.05) is 0 Å². The molecule has 4 heteroatoms. The van der Waals surface area contributed by atoms with Crippen LogP contribution in [0.5, 0.6) is 5.75 Å². The van der Waals surface area contributed by atoms with Gasteiger partial charge in [0.1, 0.15) is 12.4 Å². The number of hydrogen-bond acceptors (Lipinski definition) is 4. The number of benzene rings is 1. The number of ether oxygens (including phenoxy) is 2. The van der Waals surface area contributed by atoms with Gasteiger partial charge in [-0.25, -0.2) is 0 Å². The summed E-state index contributed by atoms with van der Waals surface area (Å²) in [5, 5.41) is 9.03. The summed E-state index contributed by atoms with van der Waals surface area (Å²) in [5.74, 6) is 0.409. The van der Waals surface area contributed by atoms with Crippen molar-refractivity contribution in [2.75, 3.05) is 13.7 Å². The summed E-state index contributed by atoms with van der Waals surface area (Å²) in [4.78, 5) is 11.0. The first-order valence-electron chi connectivity index (χ1n) is 5.08. The van der Waals surface area contributed by atoms with Crippen molar-refractivity contribution in [2.45, 2.75) is 19.4 Å². The van der Waals surface area contributed by atoms with Gasteiger partial charge in [-0.3, -0.25) is 4.79 Å². The largest absolute Gasteiger partial charge is 0.491 e. The van der Waals surface area contributed by atoms with Crippen LogP contribution >= 0.6 is 0 Å². The third-order valence-electron chi connectivity index (χ3n) is 1.99. The number of esters is 1. The number of hydrogen-bond donors (Lipinski definition) is 1. The maximum Gasteiger partial charge on any atom is 0.309 e. The highest BCUT2D eigenvalue weighted by Gasteiger charge is 2.03. The van der Waals surface area contributed by atoms with Crippen molar-refractivity contribution in [3.8, 4) is 5.75 Å². The summed E-state index contributed by atoms with van der Waals surface area (Å²) in [5.41, 5.74) is 0.872. The predicted molar refractivity (Wildman–Crippen MR) is 59.3 cm³/mol. The lowest BCUT2D eigenvalue weighted by Gasteiger charge is -2.08. The van der Waals surface area contributed by atoms with Gasteiger partial charge in [-0.05, 0) is 24.6 Å². The second kappa shape index (κ2) is 6.12. The highest BCUT2D eigenvalue weighted by molar-refractivity contribution is 5.72. The number of rotatable bonds is 5. The Hall–Kier alpha value is -1.55. The Labute approximate surface area is 94.8 Å². The lowest BCUT2D eigenvalue weighted by atomic mass is 10.1. The topological polar surface area (TPSA) is 55.8 Å². The Morgan fingerprint density at radius 2 is 2.00 bits per heavy atom. The molecule has 4 nitrogen and oxygen atoms in total. The van der Waals surface area contributed by atoms with Gasteiger partial charge in [0.2, 0.25) is 0 Å². The van der Waals surface area contributed by atoms with E-state index in [4.69, 9.17) is 9.84 Å². The molecule has 0 saturated heterocycles. The highest BCUT2D eigenvalue weighted by atomic mass is 16.5. The zero-order valence-electron chi connectivity index (χ0n) is 9.47. The van der Waals surface area contributed by atoms with Crippen molar-refractivity contribution in [1.82, 2.24) is 0 Å². The van der Waals surface area contributed by atoms with Gasteiger partial charge in [0, 0.05) is 0 Å². The molecular weight excluding hydrogens is 208 g/mol. The number of aliphatic hydroxyl groups excluding tert-OH is 1. The number of carbonyl (C=O) groups is 1. The van der Waals surface area contributed by atoms with Crippen LogP contribution in [0.15, 0.2) is 24.3 Å². The normalized spacial score (nSPS) is 11.9. The third kappa shape index (κ3) is 4.31. The van der Waals surface area contributed by atoms with E-state index in [1.54, 1.807) is 31.2 Å². The number of carbonyl (C=O) groups excluding carboxylic acids is 1. The second-order valence-electron chi connectivity index (χ2n) is 3.56. The molecule has 16 heavy (non-hydrogen) atoms. The molecule has 0 aliphatic rings. The lowest BCUT2D eigenvalue weighted by Crippen LogP contribution is -2.12. The summed E-state index contributed by atoms with van der Waals surface area (Å²) in [7, 11) is 1.36. The third-order valence-corrected chi connectivity index (χ3v) is 1.99. The lowest BCUT2D eigenvalue weighted by molar-refractivity contribution is -0.139. The molecule has 1 atom stereocenters. The molecule has 1 aromatic carbocycles. The molecule has 0 bridgehead atoms. The molecule has 0 radical (unpaired) electrons. The van der Waals surface area contributed by atoms with Gasteiger partial charge < -0.3 is 14.6 Å². The number of aliphatic hydroxyl groups is 1. The van der Waals surface area contributed by atoms with E-state index in [2.05, 4.69) is 4.74 Å². The summed E-state index contributed by atoms with van der Waals surface area (Å²) in [6, 6.07) is 7.13. The minimum atomic E-state index is -0.491. The van der Waals surface area contributed by atoms with E-state index < -0.39 is 6.10 Å². The molecule has 1 N–H and O–H groups in total. The molecule has 88 valence electrons. The zero-order valence-corrected chi connectivity index (χ0v) is 9.47. The number of methoxy groups -OCH3 is 1. The van der Waals surface area contributed by atoms with Crippen LogP contribution in [0, 0.1) is 0 Å². The van der Waals surface area contributed by atoms with E-state index in [0.29, 0.717) is 5.75 Å². The fourth-order valence-corrected chi connectivity index (χ4v) is 1.16. The average molecular weight is 224 g/mol. The first kappa shape index (κ1) is 12.5. The summed E-state index contributed by atoms with van der Waals surface area (Å²) in [6.45, 7) is 1.92. The van der Waals surface area contributed by atoms with Crippen molar-refractivity contribution in [3.05, 3.63) is 29.8 Å². The first-order chi connectivity index (χ1) is 7.61. The molecule has 0 heterocycles. The second-order valence-corrected chi connectivity index (χ2v) is 3.56. The molecule has 1 aromatic rings. The molecule has 0 spiro atoms. The van der Waals surface area contributed by atoms with Crippen LogP contribution in [0.4, 0.5) is 0 Å². The van der Waals surface area contributed by atoms with E-state index in [0.717, 1.165) is 5.56 Å². The Morgan fingerprint density at radius 3 is 2.50 bits per heavy atom. The van der Waals surface area contributed by atoms with Gasteiger partial charge >= 0.3 is 5.97 Å². The Kier molecular flexibility index (Phi) is 4.79. The van der Waals surface area contributed by atoms with Crippen molar-refractivity contribution >= 4 is 5.97 Å². The summed E-state index contributed by atoms with van der Waals surface area (Å²) >= 11 is 0. The van der Waals surface area contributed by atoms with Crippen LogP contribution in [-0.4, -0.2) is 30.9 Å². The van der Waals surface area contributed by atoms with E-state index in [9.17, 15) is 4.79 Å². The van der Waals surface area contributed by atoms with Crippen LogP contribution < -0.4 is 4.74 Å². The minimum absolute atomic E-state index is 0.257. The van der Waals surface area contributed by atoms with Crippen LogP contribution in [0.2, 0.25) is 0 Å². The smallest absolute Gasteiger partial charge is 0.309 e. The SMILES string of the molecule is COC(=O)Cc1ccc(OCC(C)O)cc1. The van der Waals surface area contributed by atoms with Gasteiger partial charge in [-0.1, -0.05) is 12.1 Å².